The van der Waals surface area contributed by atoms with Crippen molar-refractivity contribution in [1.82, 2.24) is 10.2 Å². The molecular formula is C14H28N2. The molecule has 0 aromatic rings. The van der Waals surface area contributed by atoms with Gasteiger partial charge in [-0.1, -0.05) is 19.9 Å². The summed E-state index contributed by atoms with van der Waals surface area (Å²) in [6.45, 7) is 14.2. The van der Waals surface area contributed by atoms with Gasteiger partial charge in [-0.25, -0.2) is 0 Å². The number of nitrogens with zero attached hydrogens (tertiary/aromatic N) is 1. The maximum Gasteiger partial charge on any atom is 0.0208 e. The molecule has 1 N–H and O–H groups in total. The van der Waals surface area contributed by atoms with Gasteiger partial charge in [-0.05, 0) is 45.2 Å². The Bertz CT molecular complexity index is 203. The Morgan fingerprint density at radius 3 is 2.50 bits per heavy atom. The van der Waals surface area contributed by atoms with Crippen molar-refractivity contribution in [2.24, 2.45) is 0 Å². The van der Waals surface area contributed by atoms with Crippen LogP contribution in [0.25, 0.3) is 0 Å². The zero-order valence-corrected chi connectivity index (χ0v) is 11.3. The maximum atomic E-state index is 4.19. The van der Waals surface area contributed by atoms with E-state index in [9.17, 15) is 0 Å². The SMILES string of the molecule is C=C(CNCCC)CN1[C@H](C)CCC[C@@H]1C. The van der Waals surface area contributed by atoms with Crippen LogP contribution in [-0.2, 0) is 0 Å². The molecule has 1 aliphatic heterocycles. The van der Waals surface area contributed by atoms with E-state index < -0.39 is 0 Å². The highest BCUT2D eigenvalue weighted by molar-refractivity contribution is 5.01. The molecule has 0 unspecified atom stereocenters. The third-order valence-corrected chi connectivity index (χ3v) is 3.58. The van der Waals surface area contributed by atoms with Gasteiger partial charge in [0.05, 0.1) is 0 Å². The summed E-state index contributed by atoms with van der Waals surface area (Å²) in [5, 5.41) is 3.43. The fourth-order valence-corrected chi connectivity index (χ4v) is 2.54. The van der Waals surface area contributed by atoms with E-state index in [2.05, 4.69) is 37.6 Å². The predicted molar refractivity (Wildman–Crippen MR) is 71.8 cm³/mol. The fraction of sp³-hybridized carbons (Fsp3) is 0.857. The first kappa shape index (κ1) is 13.7. The van der Waals surface area contributed by atoms with Crippen molar-refractivity contribution in [3.63, 3.8) is 0 Å². The normalized spacial score (nSPS) is 26.9. The average molecular weight is 224 g/mol. The first-order valence-electron chi connectivity index (χ1n) is 6.78. The van der Waals surface area contributed by atoms with Crippen LogP contribution >= 0.6 is 0 Å². The van der Waals surface area contributed by atoms with Crippen molar-refractivity contribution in [3.8, 4) is 0 Å². The Labute approximate surface area is 101 Å². The highest BCUT2D eigenvalue weighted by Crippen LogP contribution is 2.22. The minimum Gasteiger partial charge on any atom is -0.313 e. The van der Waals surface area contributed by atoms with Crippen LogP contribution in [0.1, 0.15) is 46.5 Å². The van der Waals surface area contributed by atoms with Crippen LogP contribution in [0.15, 0.2) is 12.2 Å². The second-order valence-electron chi connectivity index (χ2n) is 5.23. The number of piperidine rings is 1. The van der Waals surface area contributed by atoms with E-state index in [1.54, 1.807) is 0 Å². The van der Waals surface area contributed by atoms with Crippen LogP contribution < -0.4 is 5.32 Å². The topological polar surface area (TPSA) is 15.3 Å². The third kappa shape index (κ3) is 4.26. The molecule has 0 saturated carbocycles. The van der Waals surface area contributed by atoms with E-state index in [4.69, 9.17) is 0 Å². The second-order valence-corrected chi connectivity index (χ2v) is 5.23. The summed E-state index contributed by atoms with van der Waals surface area (Å²) in [5.41, 5.74) is 1.33. The largest absolute Gasteiger partial charge is 0.313 e. The number of likely N-dealkylation sites (tertiary alicyclic amines) is 1. The van der Waals surface area contributed by atoms with Crippen LogP contribution in [0, 0.1) is 0 Å². The molecule has 0 amide bonds. The molecule has 16 heavy (non-hydrogen) atoms. The number of hydrogen-bond acceptors (Lipinski definition) is 2. The molecular weight excluding hydrogens is 196 g/mol. The van der Waals surface area contributed by atoms with Crippen LogP contribution in [0.3, 0.4) is 0 Å². The molecule has 1 fully saturated rings. The molecule has 1 aliphatic rings. The van der Waals surface area contributed by atoms with Gasteiger partial charge in [0, 0.05) is 25.2 Å². The molecule has 0 aromatic heterocycles. The van der Waals surface area contributed by atoms with Crippen LogP contribution in [0.5, 0.6) is 0 Å². The van der Waals surface area contributed by atoms with Crippen molar-refractivity contribution in [2.75, 3.05) is 19.6 Å². The van der Waals surface area contributed by atoms with Crippen LogP contribution in [-0.4, -0.2) is 36.6 Å². The molecule has 94 valence electrons. The summed E-state index contributed by atoms with van der Waals surface area (Å²) in [6.07, 6.45) is 5.28. The van der Waals surface area contributed by atoms with Crippen molar-refractivity contribution in [2.45, 2.75) is 58.5 Å². The van der Waals surface area contributed by atoms with Gasteiger partial charge in [-0.3, -0.25) is 4.90 Å². The number of nitrogens with one attached hydrogen (secondary N) is 1. The van der Waals surface area contributed by atoms with E-state index in [1.165, 1.54) is 31.3 Å². The lowest BCUT2D eigenvalue weighted by Gasteiger charge is -2.39. The third-order valence-electron chi connectivity index (χ3n) is 3.58. The van der Waals surface area contributed by atoms with Crippen molar-refractivity contribution < 1.29 is 0 Å². The second kappa shape index (κ2) is 7.08. The Morgan fingerprint density at radius 2 is 1.94 bits per heavy atom. The van der Waals surface area contributed by atoms with Gasteiger partial charge in [-0.2, -0.15) is 0 Å². The summed E-state index contributed by atoms with van der Waals surface area (Å²) < 4.78 is 0. The first-order valence-corrected chi connectivity index (χ1v) is 6.78. The molecule has 0 radical (unpaired) electrons. The Morgan fingerprint density at radius 1 is 1.31 bits per heavy atom. The van der Waals surface area contributed by atoms with E-state index in [0.717, 1.165) is 31.7 Å². The molecule has 1 heterocycles. The molecule has 2 atom stereocenters. The molecule has 2 heteroatoms. The van der Waals surface area contributed by atoms with Gasteiger partial charge < -0.3 is 5.32 Å². The summed E-state index contributed by atoms with van der Waals surface area (Å²) in [7, 11) is 0. The molecule has 0 aliphatic carbocycles. The van der Waals surface area contributed by atoms with Crippen LogP contribution in [0.2, 0.25) is 0 Å². The smallest absolute Gasteiger partial charge is 0.0208 e. The van der Waals surface area contributed by atoms with Crippen molar-refractivity contribution in [3.05, 3.63) is 12.2 Å². The van der Waals surface area contributed by atoms with Gasteiger partial charge in [0.15, 0.2) is 0 Å². The number of rotatable bonds is 6. The fourth-order valence-electron chi connectivity index (χ4n) is 2.54. The Balaban J connectivity index is 2.30. The average Bonchev–Trinajstić information content (AvgIpc) is 2.24. The van der Waals surface area contributed by atoms with Gasteiger partial charge in [0.1, 0.15) is 0 Å². The Kier molecular flexibility index (Phi) is 6.07. The molecule has 0 aromatic carbocycles. The minimum absolute atomic E-state index is 0.728. The predicted octanol–water partition coefficient (Wildman–Crippen LogP) is 2.81. The molecule has 1 rings (SSSR count). The van der Waals surface area contributed by atoms with E-state index in [-0.39, 0.29) is 0 Å². The zero-order chi connectivity index (χ0) is 12.0. The summed E-state index contributed by atoms with van der Waals surface area (Å²) >= 11 is 0. The molecule has 1 saturated heterocycles. The first-order chi connectivity index (χ1) is 7.65. The molecule has 0 spiro atoms. The highest BCUT2D eigenvalue weighted by atomic mass is 15.2. The van der Waals surface area contributed by atoms with E-state index >= 15 is 0 Å². The Hall–Kier alpha value is -0.340. The maximum absolute atomic E-state index is 4.19. The quantitative estimate of drug-likeness (QED) is 0.551. The lowest BCUT2D eigenvalue weighted by atomic mass is 9.97. The van der Waals surface area contributed by atoms with E-state index in [0.29, 0.717) is 0 Å². The van der Waals surface area contributed by atoms with Gasteiger partial charge in [0.2, 0.25) is 0 Å². The monoisotopic (exact) mass is 224 g/mol. The van der Waals surface area contributed by atoms with Gasteiger partial charge in [-0.15, -0.1) is 0 Å². The van der Waals surface area contributed by atoms with Gasteiger partial charge in [0.25, 0.3) is 0 Å². The summed E-state index contributed by atoms with van der Waals surface area (Å²) in [6, 6.07) is 1.46. The van der Waals surface area contributed by atoms with Crippen molar-refractivity contribution >= 4 is 0 Å². The van der Waals surface area contributed by atoms with Crippen LogP contribution in [0.4, 0.5) is 0 Å². The minimum atomic E-state index is 0.728. The molecule has 2 nitrogen and oxygen atoms in total. The highest BCUT2D eigenvalue weighted by Gasteiger charge is 2.24. The number of hydrogen-bond donors (Lipinski definition) is 1. The van der Waals surface area contributed by atoms with Gasteiger partial charge >= 0.3 is 0 Å². The zero-order valence-electron chi connectivity index (χ0n) is 11.3. The lowest BCUT2D eigenvalue weighted by molar-refractivity contribution is 0.115. The lowest BCUT2D eigenvalue weighted by Crippen LogP contribution is -2.45. The summed E-state index contributed by atoms with van der Waals surface area (Å²) in [4.78, 5) is 2.61. The van der Waals surface area contributed by atoms with Crippen molar-refractivity contribution in [1.29, 1.82) is 0 Å². The van der Waals surface area contributed by atoms with E-state index in [1.807, 2.05) is 0 Å². The summed E-state index contributed by atoms with van der Waals surface area (Å²) in [5.74, 6) is 0. The molecule has 0 bridgehead atoms. The standard InChI is InChI=1S/C14H28N2/c1-5-9-15-10-12(2)11-16-13(3)7-6-8-14(16)4/h13-15H,2,5-11H2,1,3-4H3/t13-,14+.